The van der Waals surface area contributed by atoms with Crippen LogP contribution in [0, 0.1) is 5.82 Å². The maximum atomic E-state index is 12.8. The minimum atomic E-state index is -0.444. The molecule has 23 heavy (non-hydrogen) atoms. The highest BCUT2D eigenvalue weighted by atomic mass is 35.5. The number of hydrogen-bond acceptors (Lipinski definition) is 2. The molecule has 0 radical (unpaired) electrons. The van der Waals surface area contributed by atoms with Crippen molar-refractivity contribution in [1.29, 1.82) is 0 Å². The maximum absolute atomic E-state index is 12.8. The van der Waals surface area contributed by atoms with Gasteiger partial charge < -0.3 is 10.6 Å². The summed E-state index contributed by atoms with van der Waals surface area (Å²) in [4.78, 5) is 23.4. The van der Waals surface area contributed by atoms with Gasteiger partial charge in [-0.25, -0.2) is 4.39 Å². The van der Waals surface area contributed by atoms with Gasteiger partial charge in [0.1, 0.15) is 12.2 Å². The van der Waals surface area contributed by atoms with E-state index in [2.05, 4.69) is 10.6 Å². The molecule has 4 nitrogen and oxygen atoms in total. The molecule has 0 saturated carbocycles. The van der Waals surface area contributed by atoms with Crippen LogP contribution in [-0.2, 0) is 16.0 Å². The van der Waals surface area contributed by atoms with Crippen molar-refractivity contribution >= 4 is 29.1 Å². The molecule has 0 aromatic heterocycles. The average Bonchev–Trinajstić information content (AvgIpc) is 2.51. The van der Waals surface area contributed by atoms with Crippen LogP contribution in [0.25, 0.3) is 0 Å². The zero-order valence-corrected chi connectivity index (χ0v) is 13.1. The Bertz CT molecular complexity index is 672. The van der Waals surface area contributed by atoms with Crippen LogP contribution in [0.3, 0.4) is 0 Å². The van der Waals surface area contributed by atoms with Crippen LogP contribution in [0.4, 0.5) is 10.1 Å². The summed E-state index contributed by atoms with van der Waals surface area (Å²) in [6.45, 7) is 0.435. The molecule has 120 valence electrons. The molecule has 0 bridgehead atoms. The topological polar surface area (TPSA) is 58.2 Å². The third kappa shape index (κ3) is 6.08. The summed E-state index contributed by atoms with van der Waals surface area (Å²) >= 11 is 5.79. The van der Waals surface area contributed by atoms with Gasteiger partial charge in [0.2, 0.25) is 11.8 Å². The van der Waals surface area contributed by atoms with Crippen molar-refractivity contribution in [1.82, 2.24) is 5.32 Å². The SMILES string of the molecule is O=C(CC(=O)Nc1ccc(F)cc1)NCCc1ccc(Cl)cc1. The fraction of sp³-hybridized carbons (Fsp3) is 0.176. The normalized spacial score (nSPS) is 10.2. The minimum Gasteiger partial charge on any atom is -0.355 e. The van der Waals surface area contributed by atoms with Gasteiger partial charge in [0.05, 0.1) is 0 Å². The molecule has 2 aromatic carbocycles. The van der Waals surface area contributed by atoms with Crippen LogP contribution in [0.1, 0.15) is 12.0 Å². The molecule has 2 rings (SSSR count). The van der Waals surface area contributed by atoms with Gasteiger partial charge in [-0.15, -0.1) is 0 Å². The van der Waals surface area contributed by atoms with Crippen molar-refractivity contribution in [3.05, 3.63) is 64.9 Å². The third-order valence-corrected chi connectivity index (χ3v) is 3.35. The van der Waals surface area contributed by atoms with Crippen LogP contribution >= 0.6 is 11.6 Å². The summed E-state index contributed by atoms with van der Waals surface area (Å²) < 4.78 is 12.8. The summed E-state index contributed by atoms with van der Waals surface area (Å²) in [6, 6.07) is 12.7. The standard InChI is InChI=1S/C17H16ClFN2O2/c18-13-3-1-12(2-4-13)9-10-20-16(22)11-17(23)21-15-7-5-14(19)6-8-15/h1-8H,9-11H2,(H,20,22)(H,21,23). The Morgan fingerprint density at radius 3 is 2.26 bits per heavy atom. The first-order valence-electron chi connectivity index (χ1n) is 7.09. The number of amides is 2. The number of hydrogen-bond donors (Lipinski definition) is 2. The second kappa shape index (κ2) is 8.29. The molecule has 2 amide bonds. The summed E-state index contributed by atoms with van der Waals surface area (Å²) in [5.74, 6) is -1.19. The molecule has 0 heterocycles. The first-order valence-corrected chi connectivity index (χ1v) is 7.47. The smallest absolute Gasteiger partial charge is 0.233 e. The van der Waals surface area contributed by atoms with Crippen molar-refractivity contribution in [2.75, 3.05) is 11.9 Å². The molecule has 0 unspecified atom stereocenters. The van der Waals surface area contributed by atoms with E-state index >= 15 is 0 Å². The Kier molecular flexibility index (Phi) is 6.11. The van der Waals surface area contributed by atoms with E-state index in [1.165, 1.54) is 24.3 Å². The van der Waals surface area contributed by atoms with E-state index in [1.54, 1.807) is 12.1 Å². The average molecular weight is 335 g/mol. The predicted molar refractivity (Wildman–Crippen MR) is 87.8 cm³/mol. The lowest BCUT2D eigenvalue weighted by Crippen LogP contribution is -2.29. The van der Waals surface area contributed by atoms with E-state index in [0.717, 1.165) is 5.56 Å². The second-order valence-electron chi connectivity index (χ2n) is 4.96. The first kappa shape index (κ1) is 17.0. The third-order valence-electron chi connectivity index (χ3n) is 3.10. The highest BCUT2D eigenvalue weighted by molar-refractivity contribution is 6.30. The number of benzene rings is 2. The summed E-state index contributed by atoms with van der Waals surface area (Å²) in [7, 11) is 0. The number of halogens is 2. The number of carbonyl (C=O) groups excluding carboxylic acids is 2. The summed E-state index contributed by atoms with van der Waals surface area (Å²) in [6.07, 6.45) is 0.375. The molecular formula is C17H16ClFN2O2. The van der Waals surface area contributed by atoms with E-state index in [0.29, 0.717) is 23.7 Å². The van der Waals surface area contributed by atoms with Crippen LogP contribution in [0.15, 0.2) is 48.5 Å². The molecule has 0 atom stereocenters. The van der Waals surface area contributed by atoms with E-state index in [4.69, 9.17) is 11.6 Å². The van der Waals surface area contributed by atoms with E-state index in [9.17, 15) is 14.0 Å². The summed E-state index contributed by atoms with van der Waals surface area (Å²) in [5.41, 5.74) is 1.50. The van der Waals surface area contributed by atoms with Crippen molar-refractivity contribution in [2.45, 2.75) is 12.8 Å². The monoisotopic (exact) mass is 334 g/mol. The molecule has 0 aliphatic rings. The van der Waals surface area contributed by atoms with E-state index in [-0.39, 0.29) is 18.1 Å². The van der Waals surface area contributed by atoms with Gasteiger partial charge in [0.25, 0.3) is 0 Å². The van der Waals surface area contributed by atoms with Gasteiger partial charge in [-0.3, -0.25) is 9.59 Å². The number of anilines is 1. The van der Waals surface area contributed by atoms with Gasteiger partial charge in [-0.05, 0) is 48.4 Å². The Morgan fingerprint density at radius 1 is 0.957 bits per heavy atom. The van der Waals surface area contributed by atoms with Crippen molar-refractivity contribution < 1.29 is 14.0 Å². The Balaban J connectivity index is 1.70. The van der Waals surface area contributed by atoms with E-state index in [1.807, 2.05) is 12.1 Å². The predicted octanol–water partition coefficient (Wildman–Crippen LogP) is 3.17. The molecule has 2 aromatic rings. The van der Waals surface area contributed by atoms with Crippen molar-refractivity contribution in [2.24, 2.45) is 0 Å². The van der Waals surface area contributed by atoms with Gasteiger partial charge in [-0.2, -0.15) is 0 Å². The zero-order chi connectivity index (χ0) is 16.7. The molecular weight excluding hydrogens is 319 g/mol. The first-order chi connectivity index (χ1) is 11.0. The molecule has 0 saturated heterocycles. The Labute approximate surface area is 138 Å². The maximum Gasteiger partial charge on any atom is 0.233 e. The number of nitrogens with one attached hydrogen (secondary N) is 2. The number of rotatable bonds is 6. The molecule has 0 fully saturated rings. The quantitative estimate of drug-likeness (QED) is 0.797. The fourth-order valence-electron chi connectivity index (χ4n) is 1.94. The largest absolute Gasteiger partial charge is 0.355 e. The zero-order valence-electron chi connectivity index (χ0n) is 12.3. The fourth-order valence-corrected chi connectivity index (χ4v) is 2.07. The molecule has 6 heteroatoms. The highest BCUT2D eigenvalue weighted by Crippen LogP contribution is 2.10. The van der Waals surface area contributed by atoms with Crippen molar-refractivity contribution in [3.63, 3.8) is 0 Å². The van der Waals surface area contributed by atoms with Crippen LogP contribution < -0.4 is 10.6 Å². The Morgan fingerprint density at radius 2 is 1.61 bits per heavy atom. The lowest BCUT2D eigenvalue weighted by molar-refractivity contribution is -0.126. The van der Waals surface area contributed by atoms with E-state index < -0.39 is 5.91 Å². The lowest BCUT2D eigenvalue weighted by atomic mass is 10.1. The van der Waals surface area contributed by atoms with Gasteiger partial charge >= 0.3 is 0 Å². The van der Waals surface area contributed by atoms with Crippen LogP contribution in [-0.4, -0.2) is 18.4 Å². The molecule has 0 aliphatic heterocycles. The summed E-state index contributed by atoms with van der Waals surface area (Å²) in [5, 5.41) is 5.87. The van der Waals surface area contributed by atoms with Gasteiger partial charge in [0, 0.05) is 17.3 Å². The highest BCUT2D eigenvalue weighted by Gasteiger charge is 2.09. The molecule has 2 N–H and O–H groups in total. The Hall–Kier alpha value is -2.40. The van der Waals surface area contributed by atoms with Gasteiger partial charge in [0.15, 0.2) is 0 Å². The van der Waals surface area contributed by atoms with Gasteiger partial charge in [-0.1, -0.05) is 23.7 Å². The second-order valence-corrected chi connectivity index (χ2v) is 5.39. The number of carbonyl (C=O) groups is 2. The van der Waals surface area contributed by atoms with Crippen LogP contribution in [0.2, 0.25) is 5.02 Å². The molecule has 0 spiro atoms. The minimum absolute atomic E-state index is 0.280. The molecule has 0 aliphatic carbocycles. The van der Waals surface area contributed by atoms with Crippen LogP contribution in [0.5, 0.6) is 0 Å². The van der Waals surface area contributed by atoms with Crippen molar-refractivity contribution in [3.8, 4) is 0 Å². The lowest BCUT2D eigenvalue weighted by Gasteiger charge is -2.07.